The molecule has 208 valence electrons. The van der Waals surface area contributed by atoms with Crippen molar-refractivity contribution in [2.75, 3.05) is 5.32 Å². The van der Waals surface area contributed by atoms with E-state index in [0.29, 0.717) is 17.2 Å². The number of nitrogens with one attached hydrogen (secondary N) is 1. The van der Waals surface area contributed by atoms with Gasteiger partial charge in [-0.1, -0.05) is 27.7 Å². The molecule has 1 aliphatic carbocycles. The number of alkyl halides is 6. The molecule has 1 fully saturated rings. The van der Waals surface area contributed by atoms with Crippen molar-refractivity contribution in [3.8, 4) is 5.75 Å². The van der Waals surface area contributed by atoms with E-state index in [4.69, 9.17) is 0 Å². The predicted octanol–water partition coefficient (Wildman–Crippen LogP) is 8.36. The van der Waals surface area contributed by atoms with Gasteiger partial charge in [-0.3, -0.25) is 0 Å². The van der Waals surface area contributed by atoms with Crippen LogP contribution < -0.4 is 10.1 Å². The van der Waals surface area contributed by atoms with Crippen LogP contribution in [0.5, 0.6) is 5.75 Å². The summed E-state index contributed by atoms with van der Waals surface area (Å²) in [5.74, 6) is -0.0326. The van der Waals surface area contributed by atoms with Crippen molar-refractivity contribution in [2.45, 2.75) is 78.6 Å². The minimum atomic E-state index is -4.83. The maximum absolute atomic E-state index is 13.3. The summed E-state index contributed by atoms with van der Waals surface area (Å²) in [6.07, 6.45) is -9.73. The number of benzene rings is 2. The van der Waals surface area contributed by atoms with Gasteiger partial charge in [0.1, 0.15) is 5.75 Å². The molecule has 38 heavy (non-hydrogen) atoms. The number of hydrogen-bond acceptors (Lipinski definition) is 4. The Kier molecular flexibility index (Phi) is 6.91. The second-order valence-electron chi connectivity index (χ2n) is 11.7. The zero-order chi connectivity index (χ0) is 28.3. The number of nitrogens with zero attached hydrogens (tertiary/aromatic N) is 2. The zero-order valence-electron chi connectivity index (χ0n) is 21.8. The largest absolute Gasteiger partial charge is 0.573 e. The molecular weight excluding hydrogens is 512 g/mol. The summed E-state index contributed by atoms with van der Waals surface area (Å²) in [6, 6.07) is 7.95. The highest BCUT2D eigenvalue weighted by atomic mass is 19.4. The molecule has 1 atom stereocenters. The molecule has 0 bridgehead atoms. The Morgan fingerprint density at radius 3 is 2.11 bits per heavy atom. The lowest BCUT2D eigenvalue weighted by molar-refractivity contribution is -0.274. The van der Waals surface area contributed by atoms with Gasteiger partial charge in [0.15, 0.2) is 6.10 Å². The van der Waals surface area contributed by atoms with Crippen LogP contribution in [0.3, 0.4) is 0 Å². The van der Waals surface area contributed by atoms with E-state index >= 15 is 0 Å². The van der Waals surface area contributed by atoms with Gasteiger partial charge in [-0.05, 0) is 84.5 Å². The van der Waals surface area contributed by atoms with E-state index in [1.165, 1.54) is 25.1 Å². The van der Waals surface area contributed by atoms with Crippen LogP contribution in [0.25, 0.3) is 11.0 Å². The molecule has 4 rings (SSSR count). The van der Waals surface area contributed by atoms with Gasteiger partial charge < -0.3 is 19.7 Å². The highest BCUT2D eigenvalue weighted by Gasteiger charge is 2.42. The molecule has 1 unspecified atom stereocenters. The molecule has 0 radical (unpaired) electrons. The van der Waals surface area contributed by atoms with Gasteiger partial charge in [-0.15, -0.1) is 13.2 Å². The van der Waals surface area contributed by atoms with Gasteiger partial charge >= 0.3 is 12.5 Å². The van der Waals surface area contributed by atoms with Crippen LogP contribution in [0, 0.1) is 17.8 Å². The van der Waals surface area contributed by atoms with E-state index in [9.17, 15) is 31.4 Å². The Bertz CT molecular complexity index is 1290. The zero-order valence-corrected chi connectivity index (χ0v) is 21.8. The Hall–Kier alpha value is -2.95. The molecule has 0 spiro atoms. The molecule has 2 N–H and O–H groups in total. The van der Waals surface area contributed by atoms with E-state index in [0.717, 1.165) is 31.4 Å². The van der Waals surface area contributed by atoms with Gasteiger partial charge in [-0.2, -0.15) is 13.2 Å². The average Bonchev–Trinajstić information content (AvgIpc) is 3.06. The van der Waals surface area contributed by atoms with Crippen molar-refractivity contribution in [1.29, 1.82) is 0 Å². The molecule has 2 aromatic carbocycles. The lowest BCUT2D eigenvalue weighted by atomic mass is 9.63. The van der Waals surface area contributed by atoms with Crippen molar-refractivity contribution < 1.29 is 36.2 Å². The van der Waals surface area contributed by atoms with Crippen LogP contribution in [0.2, 0.25) is 0 Å². The van der Waals surface area contributed by atoms with Crippen LogP contribution in [-0.2, 0) is 0 Å². The van der Waals surface area contributed by atoms with Crippen LogP contribution in [0.1, 0.15) is 70.2 Å². The number of fused-ring (bicyclic) bond motifs is 1. The van der Waals surface area contributed by atoms with Gasteiger partial charge in [0.25, 0.3) is 0 Å². The molecule has 5 nitrogen and oxygen atoms in total. The standard InChI is InChI=1S/C27H31F6N3O2/c1-15-10-21-20(11-19(15)22(37)26(28,29)30)35-23(34-16-6-8-18(9-7-16)38-27(31,32)33)36(21)17-12-24(2,3)14-25(4,5)13-17/h6-11,17,22,37H,12-14H2,1-5H3,(H,34,35). The van der Waals surface area contributed by atoms with Crippen molar-refractivity contribution in [1.82, 2.24) is 9.55 Å². The minimum Gasteiger partial charge on any atom is -0.406 e. The molecule has 0 saturated heterocycles. The fourth-order valence-corrected chi connectivity index (χ4v) is 6.03. The van der Waals surface area contributed by atoms with Crippen molar-refractivity contribution in [2.24, 2.45) is 10.8 Å². The Balaban J connectivity index is 1.81. The molecule has 0 aliphatic heterocycles. The molecule has 0 amide bonds. The van der Waals surface area contributed by atoms with Gasteiger partial charge in [0, 0.05) is 11.7 Å². The smallest absolute Gasteiger partial charge is 0.406 e. The normalized spacial score (nSPS) is 18.9. The SMILES string of the molecule is Cc1cc2c(cc1C(O)C(F)(F)F)nc(Nc1ccc(OC(F)(F)F)cc1)n2C1CC(C)(C)CC(C)(C)C1. The molecule has 1 heterocycles. The first-order valence-corrected chi connectivity index (χ1v) is 12.2. The maximum Gasteiger partial charge on any atom is 0.573 e. The predicted molar refractivity (Wildman–Crippen MR) is 132 cm³/mol. The van der Waals surface area contributed by atoms with Crippen LogP contribution in [0.15, 0.2) is 36.4 Å². The first-order valence-electron chi connectivity index (χ1n) is 12.2. The Morgan fingerprint density at radius 1 is 1.00 bits per heavy atom. The summed E-state index contributed by atoms with van der Waals surface area (Å²) < 4.78 is 83.5. The van der Waals surface area contributed by atoms with E-state index in [1.54, 1.807) is 6.07 Å². The van der Waals surface area contributed by atoms with Gasteiger partial charge in [-0.25, -0.2) is 4.98 Å². The van der Waals surface area contributed by atoms with E-state index in [-0.39, 0.29) is 39.3 Å². The highest BCUT2D eigenvalue weighted by molar-refractivity contribution is 5.82. The van der Waals surface area contributed by atoms with Crippen LogP contribution in [0.4, 0.5) is 38.0 Å². The summed E-state index contributed by atoms with van der Waals surface area (Å²) in [4.78, 5) is 4.59. The monoisotopic (exact) mass is 543 g/mol. The molecule has 3 aromatic rings. The fourth-order valence-electron chi connectivity index (χ4n) is 6.03. The summed E-state index contributed by atoms with van der Waals surface area (Å²) in [5, 5.41) is 13.1. The van der Waals surface area contributed by atoms with E-state index < -0.39 is 18.6 Å². The Labute approximate surface area is 216 Å². The Morgan fingerprint density at radius 2 is 1.58 bits per heavy atom. The number of imidazole rings is 1. The highest BCUT2D eigenvalue weighted by Crippen LogP contribution is 2.51. The number of anilines is 2. The molecular formula is C27H31F6N3O2. The second kappa shape index (κ2) is 9.36. The second-order valence-corrected chi connectivity index (χ2v) is 11.7. The van der Waals surface area contributed by atoms with Gasteiger partial charge in [0.05, 0.1) is 11.0 Å². The summed E-state index contributed by atoms with van der Waals surface area (Å²) >= 11 is 0. The fraction of sp³-hybridized carbons (Fsp3) is 0.519. The number of rotatable bonds is 5. The third-order valence-electron chi connectivity index (χ3n) is 6.92. The number of aliphatic hydroxyl groups excluding tert-OH is 1. The third kappa shape index (κ3) is 6.19. The first kappa shape index (κ1) is 28.1. The van der Waals surface area contributed by atoms with E-state index in [1.807, 2.05) is 4.57 Å². The quantitative estimate of drug-likeness (QED) is 0.318. The van der Waals surface area contributed by atoms with Crippen molar-refractivity contribution in [3.05, 3.63) is 47.5 Å². The topological polar surface area (TPSA) is 59.3 Å². The van der Waals surface area contributed by atoms with E-state index in [2.05, 4.69) is 42.7 Å². The van der Waals surface area contributed by atoms with Crippen LogP contribution in [-0.4, -0.2) is 27.2 Å². The number of aryl methyl sites for hydroxylation is 1. The molecule has 1 aliphatic rings. The molecule has 1 aromatic heterocycles. The average molecular weight is 544 g/mol. The van der Waals surface area contributed by atoms with Gasteiger partial charge in [0.2, 0.25) is 5.95 Å². The summed E-state index contributed by atoms with van der Waals surface area (Å²) in [6.45, 7) is 10.2. The number of aliphatic hydroxyl groups is 1. The minimum absolute atomic E-state index is 0.0155. The maximum atomic E-state index is 13.3. The molecule has 1 saturated carbocycles. The first-order chi connectivity index (χ1) is 17.3. The molecule has 11 heteroatoms. The summed E-state index contributed by atoms with van der Waals surface area (Å²) in [5.41, 5.74) is 1.28. The third-order valence-corrected chi connectivity index (χ3v) is 6.92. The summed E-state index contributed by atoms with van der Waals surface area (Å²) in [7, 11) is 0. The number of halogens is 6. The van der Waals surface area contributed by atoms with Crippen molar-refractivity contribution in [3.63, 3.8) is 0 Å². The lowest BCUT2D eigenvalue weighted by Gasteiger charge is -2.45. The number of aromatic nitrogens is 2. The van der Waals surface area contributed by atoms with Crippen LogP contribution >= 0.6 is 0 Å². The number of ether oxygens (including phenoxy) is 1. The lowest BCUT2D eigenvalue weighted by Crippen LogP contribution is -2.35. The van der Waals surface area contributed by atoms with Crippen molar-refractivity contribution >= 4 is 22.7 Å². The number of hydrogen-bond donors (Lipinski definition) is 2.